The highest BCUT2D eigenvalue weighted by Gasteiger charge is 2.27. The summed E-state index contributed by atoms with van der Waals surface area (Å²) in [4.78, 5) is 28.0. The molecule has 0 spiro atoms. The van der Waals surface area contributed by atoms with Gasteiger partial charge in [-0.15, -0.1) is 11.3 Å². The van der Waals surface area contributed by atoms with Gasteiger partial charge in [-0.2, -0.15) is 0 Å². The smallest absolute Gasteiger partial charge is 0.348 e. The molecule has 0 radical (unpaired) electrons. The summed E-state index contributed by atoms with van der Waals surface area (Å²) in [5.41, 5.74) is 1.95. The Balaban J connectivity index is 1.41. The number of rotatable bonds is 3. The van der Waals surface area contributed by atoms with Gasteiger partial charge in [-0.1, -0.05) is 12.1 Å². The Morgan fingerprint density at radius 3 is 2.74 bits per heavy atom. The lowest BCUT2D eigenvalue weighted by atomic mass is 10.1. The van der Waals surface area contributed by atoms with Gasteiger partial charge in [0.1, 0.15) is 17.2 Å². The molecule has 4 rings (SSSR count). The SMILES string of the molecule is CC1CN(C(=O)COC(=O)c2cc3c(s2)-c2ccccc2OC3)CC(C)O1. The number of carbonyl (C=O) groups is 2. The molecular weight excluding hydrogens is 366 g/mol. The van der Waals surface area contributed by atoms with Gasteiger partial charge < -0.3 is 19.1 Å². The van der Waals surface area contributed by atoms with Crippen molar-refractivity contribution in [1.29, 1.82) is 0 Å². The van der Waals surface area contributed by atoms with Crippen LogP contribution in [0.4, 0.5) is 0 Å². The zero-order chi connectivity index (χ0) is 19.0. The highest BCUT2D eigenvalue weighted by atomic mass is 32.1. The molecule has 2 atom stereocenters. The van der Waals surface area contributed by atoms with Gasteiger partial charge in [-0.05, 0) is 32.0 Å². The van der Waals surface area contributed by atoms with Crippen molar-refractivity contribution in [2.75, 3.05) is 19.7 Å². The molecule has 2 aliphatic heterocycles. The van der Waals surface area contributed by atoms with E-state index >= 15 is 0 Å². The van der Waals surface area contributed by atoms with Crippen LogP contribution in [0.2, 0.25) is 0 Å². The Morgan fingerprint density at radius 1 is 1.22 bits per heavy atom. The largest absolute Gasteiger partial charge is 0.488 e. The molecule has 1 aromatic carbocycles. The van der Waals surface area contributed by atoms with Crippen LogP contribution in [0.5, 0.6) is 5.75 Å². The van der Waals surface area contributed by atoms with Crippen molar-refractivity contribution in [3.8, 4) is 16.2 Å². The van der Waals surface area contributed by atoms with Crippen LogP contribution in [0, 0.1) is 0 Å². The van der Waals surface area contributed by atoms with E-state index in [0.29, 0.717) is 24.6 Å². The zero-order valence-corrected chi connectivity index (χ0v) is 16.1. The van der Waals surface area contributed by atoms with Crippen molar-refractivity contribution in [1.82, 2.24) is 4.90 Å². The Kier molecular flexibility index (Phi) is 4.88. The third-order valence-electron chi connectivity index (χ3n) is 4.62. The maximum atomic E-state index is 12.4. The minimum Gasteiger partial charge on any atom is -0.488 e. The van der Waals surface area contributed by atoms with E-state index in [4.69, 9.17) is 14.2 Å². The van der Waals surface area contributed by atoms with Crippen molar-refractivity contribution in [3.63, 3.8) is 0 Å². The molecule has 0 aliphatic carbocycles. The molecule has 7 heteroatoms. The van der Waals surface area contributed by atoms with Crippen molar-refractivity contribution in [3.05, 3.63) is 40.8 Å². The molecule has 2 aliphatic rings. The van der Waals surface area contributed by atoms with E-state index in [1.807, 2.05) is 38.1 Å². The molecule has 3 heterocycles. The lowest BCUT2D eigenvalue weighted by Crippen LogP contribution is -2.49. The highest BCUT2D eigenvalue weighted by Crippen LogP contribution is 2.42. The molecule has 1 fully saturated rings. The second-order valence-corrected chi connectivity index (χ2v) is 7.93. The minimum atomic E-state index is -0.477. The predicted molar refractivity (Wildman–Crippen MR) is 101 cm³/mol. The van der Waals surface area contributed by atoms with Gasteiger partial charge >= 0.3 is 5.97 Å². The molecular formula is C20H21NO5S. The zero-order valence-electron chi connectivity index (χ0n) is 15.3. The summed E-state index contributed by atoms with van der Waals surface area (Å²) in [5, 5.41) is 0. The number of fused-ring (bicyclic) bond motifs is 3. The van der Waals surface area contributed by atoms with Gasteiger partial charge in [0, 0.05) is 29.1 Å². The van der Waals surface area contributed by atoms with E-state index in [1.165, 1.54) is 11.3 Å². The first-order chi connectivity index (χ1) is 13.0. The third kappa shape index (κ3) is 3.70. The number of hydrogen-bond donors (Lipinski definition) is 0. The first kappa shape index (κ1) is 18.0. The summed E-state index contributed by atoms with van der Waals surface area (Å²) in [6, 6.07) is 9.55. The van der Waals surface area contributed by atoms with Gasteiger partial charge in [0.2, 0.25) is 0 Å². The maximum absolute atomic E-state index is 12.4. The molecule has 2 aromatic rings. The van der Waals surface area contributed by atoms with Crippen LogP contribution >= 0.6 is 11.3 Å². The van der Waals surface area contributed by atoms with E-state index in [-0.39, 0.29) is 24.7 Å². The van der Waals surface area contributed by atoms with E-state index in [1.54, 1.807) is 11.0 Å². The second kappa shape index (κ2) is 7.32. The van der Waals surface area contributed by atoms with Crippen LogP contribution in [0.25, 0.3) is 10.4 Å². The van der Waals surface area contributed by atoms with Crippen LogP contribution < -0.4 is 4.74 Å². The number of esters is 1. The lowest BCUT2D eigenvalue weighted by molar-refractivity contribution is -0.146. The van der Waals surface area contributed by atoms with Crippen LogP contribution in [0.3, 0.4) is 0 Å². The molecule has 2 unspecified atom stereocenters. The first-order valence-corrected chi connectivity index (χ1v) is 9.78. The number of benzene rings is 1. The molecule has 142 valence electrons. The van der Waals surface area contributed by atoms with E-state index < -0.39 is 5.97 Å². The van der Waals surface area contributed by atoms with Gasteiger partial charge in [0.25, 0.3) is 5.91 Å². The summed E-state index contributed by atoms with van der Waals surface area (Å²) in [5.74, 6) is 0.146. The van der Waals surface area contributed by atoms with Crippen LogP contribution in [0.15, 0.2) is 30.3 Å². The van der Waals surface area contributed by atoms with Gasteiger partial charge in [0.05, 0.1) is 12.2 Å². The Morgan fingerprint density at radius 2 is 1.96 bits per heavy atom. The molecule has 0 saturated carbocycles. The maximum Gasteiger partial charge on any atom is 0.348 e. The van der Waals surface area contributed by atoms with Gasteiger partial charge in [0.15, 0.2) is 6.61 Å². The molecule has 1 saturated heterocycles. The molecule has 6 nitrogen and oxygen atoms in total. The van der Waals surface area contributed by atoms with E-state index in [0.717, 1.165) is 21.8 Å². The Hall–Kier alpha value is -2.38. The number of ether oxygens (including phenoxy) is 3. The number of hydrogen-bond acceptors (Lipinski definition) is 6. The fourth-order valence-electron chi connectivity index (χ4n) is 3.47. The average molecular weight is 387 g/mol. The van der Waals surface area contributed by atoms with Crippen molar-refractivity contribution < 1.29 is 23.8 Å². The Labute approximate surface area is 161 Å². The third-order valence-corrected chi connectivity index (χ3v) is 5.81. The normalized spacial score (nSPS) is 21.0. The summed E-state index contributed by atoms with van der Waals surface area (Å²) < 4.78 is 16.6. The fraction of sp³-hybridized carbons (Fsp3) is 0.400. The summed E-state index contributed by atoms with van der Waals surface area (Å²) in [7, 11) is 0. The minimum absolute atomic E-state index is 0.0162. The summed E-state index contributed by atoms with van der Waals surface area (Å²) in [6.07, 6.45) is -0.0324. The monoisotopic (exact) mass is 387 g/mol. The lowest BCUT2D eigenvalue weighted by Gasteiger charge is -2.35. The molecule has 1 amide bonds. The Bertz CT molecular complexity index is 867. The van der Waals surface area contributed by atoms with Crippen LogP contribution in [-0.4, -0.2) is 48.7 Å². The van der Waals surface area contributed by atoms with Gasteiger partial charge in [-0.25, -0.2) is 4.79 Å². The highest BCUT2D eigenvalue weighted by molar-refractivity contribution is 7.17. The summed E-state index contributed by atoms with van der Waals surface area (Å²) >= 11 is 1.37. The molecule has 0 bridgehead atoms. The number of carbonyl (C=O) groups excluding carboxylic acids is 2. The molecule has 27 heavy (non-hydrogen) atoms. The predicted octanol–water partition coefficient (Wildman–Crippen LogP) is 3.10. The second-order valence-electron chi connectivity index (χ2n) is 6.88. The van der Waals surface area contributed by atoms with Crippen molar-refractivity contribution in [2.45, 2.75) is 32.7 Å². The van der Waals surface area contributed by atoms with Crippen LogP contribution in [0.1, 0.15) is 29.1 Å². The molecule has 1 aromatic heterocycles. The first-order valence-electron chi connectivity index (χ1n) is 8.96. The van der Waals surface area contributed by atoms with E-state index in [9.17, 15) is 9.59 Å². The number of morpholine rings is 1. The van der Waals surface area contributed by atoms with E-state index in [2.05, 4.69) is 0 Å². The van der Waals surface area contributed by atoms with Crippen LogP contribution in [-0.2, 0) is 20.9 Å². The molecule has 0 N–H and O–H groups in total. The topological polar surface area (TPSA) is 65.1 Å². The number of nitrogens with zero attached hydrogens (tertiary/aromatic N) is 1. The number of amides is 1. The quantitative estimate of drug-likeness (QED) is 0.757. The van der Waals surface area contributed by atoms with Crippen molar-refractivity contribution >= 4 is 23.2 Å². The summed E-state index contributed by atoms with van der Waals surface area (Å²) in [6.45, 7) is 5.06. The average Bonchev–Trinajstić information content (AvgIpc) is 3.10. The van der Waals surface area contributed by atoms with Gasteiger partial charge in [-0.3, -0.25) is 4.79 Å². The number of thiophene rings is 1. The standard InChI is InChI=1S/C20H21NO5S/c1-12-8-21(9-13(2)26-12)18(22)11-25-20(23)17-7-14-10-24-16-6-4-3-5-15(16)19(14)27-17/h3-7,12-13H,8-11H2,1-2H3. The fourth-order valence-corrected chi connectivity index (χ4v) is 4.56. The van der Waals surface area contributed by atoms with Crippen molar-refractivity contribution in [2.24, 2.45) is 0 Å². The number of para-hydroxylation sites is 1.